The number of allylic oxidation sites excluding steroid dienone is 6. The minimum Gasteiger partial charge on any atom is -0.458 e. The van der Waals surface area contributed by atoms with Crippen LogP contribution in [0.3, 0.4) is 0 Å². The molecule has 0 spiro atoms. The first-order valence-corrected chi connectivity index (χ1v) is 14.2. The molecule has 0 aromatic heterocycles. The summed E-state index contributed by atoms with van der Waals surface area (Å²) in [5.74, 6) is -0.465. The van der Waals surface area contributed by atoms with Gasteiger partial charge >= 0.3 is 5.97 Å². The minimum absolute atomic E-state index is 0.00781. The lowest BCUT2D eigenvalue weighted by atomic mass is 9.73. The summed E-state index contributed by atoms with van der Waals surface area (Å²) < 4.78 is 18.5. The van der Waals surface area contributed by atoms with Crippen LogP contribution in [0.5, 0.6) is 0 Å². The van der Waals surface area contributed by atoms with Gasteiger partial charge in [-0.3, -0.25) is 0 Å². The van der Waals surface area contributed by atoms with Gasteiger partial charge in [0.05, 0.1) is 42.5 Å². The maximum atomic E-state index is 12.8. The number of aliphatic hydroxyl groups excluding tert-OH is 3. The second kappa shape index (κ2) is 15.5. The van der Waals surface area contributed by atoms with Crippen LogP contribution in [0.25, 0.3) is 0 Å². The van der Waals surface area contributed by atoms with Crippen LogP contribution in [0.2, 0.25) is 0 Å². The molecule has 7 nitrogen and oxygen atoms in total. The van der Waals surface area contributed by atoms with Gasteiger partial charge in [0.1, 0.15) is 6.10 Å². The summed E-state index contributed by atoms with van der Waals surface area (Å²) in [5, 5.41) is 30.0. The SMILES string of the molecule is CC1=C[C@H]2O[C@@H](C/C=C/C=C/C(=O)O[C@@H]3C[C@@H](/C=C/CC=C1)O[C@@H](CC=CCCO)[C@]3(C)CO)C[C@H](O)[C@H]2C. The molecule has 2 fully saturated rings. The molecule has 0 radical (unpaired) electrons. The van der Waals surface area contributed by atoms with Crippen molar-refractivity contribution in [1.29, 1.82) is 0 Å². The number of carbonyl (C=O) groups is 1. The van der Waals surface area contributed by atoms with Crippen LogP contribution < -0.4 is 0 Å². The predicted octanol–water partition coefficient (Wildman–Crippen LogP) is 4.50. The average molecular weight is 543 g/mol. The topological polar surface area (TPSA) is 105 Å². The van der Waals surface area contributed by atoms with Crippen molar-refractivity contribution in [1.82, 2.24) is 0 Å². The van der Waals surface area contributed by atoms with Crippen molar-refractivity contribution in [3.8, 4) is 0 Å². The highest BCUT2D eigenvalue weighted by molar-refractivity contribution is 5.82. The number of carbonyl (C=O) groups excluding carboxylic acids is 1. The maximum Gasteiger partial charge on any atom is 0.331 e. The molecule has 3 N–H and O–H groups in total. The molecule has 3 heterocycles. The van der Waals surface area contributed by atoms with Crippen molar-refractivity contribution in [2.45, 2.75) is 95.9 Å². The summed E-state index contributed by atoms with van der Waals surface area (Å²) in [6.07, 6.45) is 22.4. The maximum absolute atomic E-state index is 12.8. The van der Waals surface area contributed by atoms with Crippen molar-refractivity contribution >= 4 is 5.97 Å². The number of hydrogen-bond acceptors (Lipinski definition) is 7. The summed E-state index contributed by atoms with van der Waals surface area (Å²) in [4.78, 5) is 12.8. The highest BCUT2D eigenvalue weighted by Gasteiger charge is 2.48. The Kier molecular flexibility index (Phi) is 12.4. The summed E-state index contributed by atoms with van der Waals surface area (Å²) in [6, 6.07) is 0. The van der Waals surface area contributed by atoms with Gasteiger partial charge in [0.15, 0.2) is 0 Å². The molecule has 0 aromatic carbocycles. The molecule has 0 aromatic rings. The van der Waals surface area contributed by atoms with E-state index in [4.69, 9.17) is 19.3 Å². The van der Waals surface area contributed by atoms with Crippen LogP contribution >= 0.6 is 0 Å². The van der Waals surface area contributed by atoms with Gasteiger partial charge in [-0.15, -0.1) is 0 Å². The fraction of sp³-hybridized carbons (Fsp3) is 0.594. The molecule has 39 heavy (non-hydrogen) atoms. The molecule has 216 valence electrons. The molecular weight excluding hydrogens is 496 g/mol. The Bertz CT molecular complexity index is 962. The summed E-state index contributed by atoms with van der Waals surface area (Å²) in [7, 11) is 0. The molecule has 3 aliphatic rings. The van der Waals surface area contributed by atoms with Crippen LogP contribution in [-0.2, 0) is 19.0 Å². The van der Waals surface area contributed by atoms with Crippen molar-refractivity contribution in [3.63, 3.8) is 0 Å². The summed E-state index contributed by atoms with van der Waals surface area (Å²) in [5.41, 5.74) is 0.300. The highest BCUT2D eigenvalue weighted by atomic mass is 16.6. The molecule has 2 saturated heterocycles. The quantitative estimate of drug-likeness (QED) is 0.347. The number of hydrogen-bond donors (Lipinski definition) is 3. The lowest BCUT2D eigenvalue weighted by molar-refractivity contribution is -0.198. The van der Waals surface area contributed by atoms with E-state index < -0.39 is 23.6 Å². The van der Waals surface area contributed by atoms with Crippen LogP contribution in [0, 0.1) is 11.3 Å². The fourth-order valence-corrected chi connectivity index (χ4v) is 5.30. The lowest BCUT2D eigenvalue weighted by Gasteiger charge is -2.47. The zero-order valence-corrected chi connectivity index (χ0v) is 23.5. The summed E-state index contributed by atoms with van der Waals surface area (Å²) in [6.45, 7) is 5.83. The van der Waals surface area contributed by atoms with Gasteiger partial charge in [-0.2, -0.15) is 0 Å². The van der Waals surface area contributed by atoms with Gasteiger partial charge < -0.3 is 29.5 Å². The number of esters is 1. The van der Waals surface area contributed by atoms with Crippen molar-refractivity contribution in [2.75, 3.05) is 13.2 Å². The van der Waals surface area contributed by atoms with Gasteiger partial charge in [-0.1, -0.05) is 80.2 Å². The molecule has 3 aliphatic heterocycles. The lowest BCUT2D eigenvalue weighted by Crippen LogP contribution is -2.55. The van der Waals surface area contributed by atoms with E-state index in [1.165, 1.54) is 6.08 Å². The molecule has 0 amide bonds. The van der Waals surface area contributed by atoms with Gasteiger partial charge in [0, 0.05) is 31.4 Å². The molecule has 0 unspecified atom stereocenters. The van der Waals surface area contributed by atoms with Gasteiger partial charge in [0.25, 0.3) is 0 Å². The first-order valence-electron chi connectivity index (χ1n) is 14.2. The Morgan fingerprint density at radius 2 is 1.90 bits per heavy atom. The molecule has 0 saturated carbocycles. The zero-order chi connectivity index (χ0) is 28.3. The molecule has 0 aliphatic carbocycles. The normalized spacial score (nSPS) is 39.0. The van der Waals surface area contributed by atoms with Crippen molar-refractivity contribution in [3.05, 3.63) is 72.4 Å². The Hall–Kier alpha value is -2.29. The smallest absolute Gasteiger partial charge is 0.331 e. The first-order chi connectivity index (χ1) is 18.8. The summed E-state index contributed by atoms with van der Waals surface area (Å²) >= 11 is 0. The van der Waals surface area contributed by atoms with E-state index in [1.54, 1.807) is 12.2 Å². The average Bonchev–Trinajstić information content (AvgIpc) is 2.90. The monoisotopic (exact) mass is 542 g/mol. The predicted molar refractivity (Wildman–Crippen MR) is 152 cm³/mol. The second-order valence-corrected chi connectivity index (χ2v) is 11.1. The number of aliphatic hydroxyl groups is 3. The fourth-order valence-electron chi connectivity index (χ4n) is 5.30. The highest BCUT2D eigenvalue weighted by Crippen LogP contribution is 2.41. The van der Waals surface area contributed by atoms with Crippen LogP contribution in [-0.4, -0.2) is 71.1 Å². The van der Waals surface area contributed by atoms with E-state index in [-0.39, 0.29) is 43.5 Å². The van der Waals surface area contributed by atoms with E-state index in [2.05, 4.69) is 18.2 Å². The van der Waals surface area contributed by atoms with Crippen LogP contribution in [0.1, 0.15) is 59.3 Å². The van der Waals surface area contributed by atoms with Crippen molar-refractivity contribution < 1.29 is 34.3 Å². The minimum atomic E-state index is -0.779. The Morgan fingerprint density at radius 3 is 2.67 bits per heavy atom. The van der Waals surface area contributed by atoms with Gasteiger partial charge in [0.2, 0.25) is 0 Å². The van der Waals surface area contributed by atoms with E-state index >= 15 is 0 Å². The van der Waals surface area contributed by atoms with E-state index in [9.17, 15) is 15.0 Å². The van der Waals surface area contributed by atoms with E-state index in [0.717, 1.165) is 5.57 Å². The third kappa shape index (κ3) is 9.12. The molecule has 8 atom stereocenters. The molecular formula is C32H46O7. The number of ether oxygens (including phenoxy) is 3. The third-order valence-electron chi connectivity index (χ3n) is 7.96. The standard InChI is InChI=1S/C32H46O7/c1-23-13-7-4-8-15-26-21-30(32(3,22-34)29(38-26)16-10-6-12-18-33)39-31(36)17-11-5-9-14-25-20-27(35)24(2)28(19-23)37-25/h5-11,13,15,17,19,24-30,33-35H,4,12,14,16,18,20-22H2,1-3H3/b9-5+,10-6?,13-7?,15-8+,17-11+,23-19?/t24-,25+,26-,27+,28-,29+,30-,32+/m1/s1. The van der Waals surface area contributed by atoms with E-state index in [1.807, 2.05) is 51.2 Å². The molecule has 4 bridgehead atoms. The van der Waals surface area contributed by atoms with E-state index in [0.29, 0.717) is 38.5 Å². The Balaban J connectivity index is 1.84. The van der Waals surface area contributed by atoms with Gasteiger partial charge in [-0.25, -0.2) is 4.79 Å². The largest absolute Gasteiger partial charge is 0.458 e. The molecule has 3 rings (SSSR count). The van der Waals surface area contributed by atoms with Crippen LogP contribution in [0.4, 0.5) is 0 Å². The Labute approximate surface area is 233 Å². The Morgan fingerprint density at radius 1 is 1.08 bits per heavy atom. The van der Waals surface area contributed by atoms with Crippen molar-refractivity contribution in [2.24, 2.45) is 11.3 Å². The third-order valence-corrected chi connectivity index (χ3v) is 7.96. The zero-order valence-electron chi connectivity index (χ0n) is 23.5. The second-order valence-electron chi connectivity index (χ2n) is 11.1. The molecule has 7 heteroatoms. The van der Waals surface area contributed by atoms with Gasteiger partial charge in [-0.05, 0) is 32.6 Å². The number of rotatable bonds is 5. The number of fused-ring (bicyclic) bond motifs is 4. The van der Waals surface area contributed by atoms with Crippen LogP contribution in [0.15, 0.2) is 72.4 Å². The first kappa shape index (κ1) is 31.2.